The second-order valence-electron chi connectivity index (χ2n) is 3.21. The maximum absolute atomic E-state index is 11.8. The predicted molar refractivity (Wildman–Crippen MR) is 64.8 cm³/mol. The molecule has 16 heavy (non-hydrogen) atoms. The summed E-state index contributed by atoms with van der Waals surface area (Å²) in [6.07, 6.45) is 5.40. The van der Waals surface area contributed by atoms with Crippen LogP contribution in [0.2, 0.25) is 5.02 Å². The van der Waals surface area contributed by atoms with Crippen molar-refractivity contribution in [3.8, 4) is 12.3 Å². The minimum atomic E-state index is -3.52. The molecule has 1 aromatic rings. The van der Waals surface area contributed by atoms with E-state index in [0.717, 1.165) is 0 Å². The average Bonchev–Trinajstić information content (AvgIpc) is 2.22. The highest BCUT2D eigenvalue weighted by Gasteiger charge is 2.16. The van der Waals surface area contributed by atoms with E-state index in [2.05, 4.69) is 10.6 Å². The molecule has 0 aliphatic heterocycles. The van der Waals surface area contributed by atoms with Gasteiger partial charge in [-0.3, -0.25) is 0 Å². The Hall–Kier alpha value is -1.02. The number of hydrogen-bond donors (Lipinski definition) is 1. The van der Waals surface area contributed by atoms with Crippen molar-refractivity contribution >= 4 is 21.6 Å². The van der Waals surface area contributed by atoms with Crippen LogP contribution in [0.3, 0.4) is 0 Å². The largest absolute Gasteiger partial charge is 0.240 e. The second-order valence-corrected chi connectivity index (χ2v) is 5.36. The van der Waals surface area contributed by atoms with Gasteiger partial charge in [0.2, 0.25) is 10.0 Å². The van der Waals surface area contributed by atoms with Crippen LogP contribution in [0.1, 0.15) is 12.0 Å². The Kier molecular flexibility index (Phi) is 4.36. The van der Waals surface area contributed by atoms with Crippen LogP contribution in [0.25, 0.3) is 0 Å². The fourth-order valence-corrected chi connectivity index (χ4v) is 2.74. The van der Waals surface area contributed by atoms with Crippen LogP contribution in [0.4, 0.5) is 0 Å². The van der Waals surface area contributed by atoms with Gasteiger partial charge in [-0.15, -0.1) is 12.3 Å². The minimum Gasteiger partial charge on any atom is -0.210 e. The predicted octanol–water partition coefficient (Wildman–Crippen LogP) is 1.95. The molecule has 0 spiro atoms. The van der Waals surface area contributed by atoms with Gasteiger partial charge < -0.3 is 0 Å². The molecule has 3 nitrogen and oxygen atoms in total. The van der Waals surface area contributed by atoms with Crippen molar-refractivity contribution in [2.24, 2.45) is 0 Å². The lowest BCUT2D eigenvalue weighted by molar-refractivity contribution is 0.582. The Morgan fingerprint density at radius 3 is 2.81 bits per heavy atom. The van der Waals surface area contributed by atoms with E-state index in [1.807, 2.05) is 0 Å². The number of nitrogens with one attached hydrogen (secondary N) is 1. The molecule has 1 rings (SSSR count). The third-order valence-electron chi connectivity index (χ3n) is 2.07. The van der Waals surface area contributed by atoms with E-state index in [0.29, 0.717) is 17.0 Å². The fraction of sp³-hybridized carbons (Fsp3) is 0.273. The molecule has 0 aliphatic carbocycles. The molecule has 0 aliphatic rings. The van der Waals surface area contributed by atoms with Gasteiger partial charge >= 0.3 is 0 Å². The van der Waals surface area contributed by atoms with Gasteiger partial charge in [-0.05, 0) is 24.6 Å². The first-order chi connectivity index (χ1) is 7.49. The zero-order valence-corrected chi connectivity index (χ0v) is 10.4. The van der Waals surface area contributed by atoms with Crippen molar-refractivity contribution < 1.29 is 8.42 Å². The van der Waals surface area contributed by atoms with Gasteiger partial charge in [0.05, 0.1) is 4.90 Å². The lowest BCUT2D eigenvalue weighted by atomic mass is 10.2. The number of hydrogen-bond acceptors (Lipinski definition) is 2. The maximum Gasteiger partial charge on any atom is 0.240 e. The molecule has 0 fully saturated rings. The van der Waals surface area contributed by atoms with Crippen LogP contribution in [-0.2, 0) is 10.0 Å². The molecular formula is C11H12ClNO2S. The van der Waals surface area contributed by atoms with Gasteiger partial charge in [-0.2, -0.15) is 0 Å². The molecule has 0 atom stereocenters. The highest BCUT2D eigenvalue weighted by atomic mass is 35.5. The molecule has 0 saturated carbocycles. The summed E-state index contributed by atoms with van der Waals surface area (Å²) in [7, 11) is -3.52. The Morgan fingerprint density at radius 1 is 1.50 bits per heavy atom. The Bertz CT molecular complexity index is 517. The summed E-state index contributed by atoms with van der Waals surface area (Å²) in [5.74, 6) is 2.36. The van der Waals surface area contributed by atoms with E-state index in [-0.39, 0.29) is 11.4 Å². The summed E-state index contributed by atoms with van der Waals surface area (Å²) >= 11 is 5.86. The Morgan fingerprint density at radius 2 is 2.19 bits per heavy atom. The SMILES string of the molecule is C#CCCNS(=O)(=O)c1cccc(Cl)c1C. The molecule has 5 heteroatoms. The van der Waals surface area contributed by atoms with E-state index in [4.69, 9.17) is 18.0 Å². The van der Waals surface area contributed by atoms with Gasteiger partial charge in [0, 0.05) is 18.0 Å². The summed E-state index contributed by atoms with van der Waals surface area (Å²) in [4.78, 5) is 0.192. The zero-order chi connectivity index (χ0) is 12.2. The van der Waals surface area contributed by atoms with Crippen LogP contribution in [0, 0.1) is 19.3 Å². The first-order valence-electron chi connectivity index (χ1n) is 4.67. The molecule has 0 saturated heterocycles. The standard InChI is InChI=1S/C11H12ClNO2S/c1-3-4-8-13-16(14,15)11-7-5-6-10(12)9(11)2/h1,5-7,13H,4,8H2,2H3. The number of rotatable bonds is 4. The summed E-state index contributed by atoms with van der Waals surface area (Å²) in [6.45, 7) is 1.89. The highest BCUT2D eigenvalue weighted by Crippen LogP contribution is 2.22. The molecule has 0 aromatic heterocycles. The Labute approximate surface area is 101 Å². The molecule has 0 bridgehead atoms. The van der Waals surface area contributed by atoms with Gasteiger partial charge in [0.1, 0.15) is 0 Å². The Balaban J connectivity index is 3.00. The van der Waals surface area contributed by atoms with Crippen molar-refractivity contribution in [3.05, 3.63) is 28.8 Å². The van der Waals surface area contributed by atoms with Crippen LogP contribution >= 0.6 is 11.6 Å². The minimum absolute atomic E-state index is 0.192. The lowest BCUT2D eigenvalue weighted by Crippen LogP contribution is -2.25. The summed E-state index contributed by atoms with van der Waals surface area (Å²) < 4.78 is 26.1. The zero-order valence-electron chi connectivity index (χ0n) is 8.83. The molecule has 1 aromatic carbocycles. The molecule has 1 N–H and O–H groups in total. The van der Waals surface area contributed by atoms with Crippen molar-refractivity contribution in [1.29, 1.82) is 0 Å². The molecule has 0 heterocycles. The van der Waals surface area contributed by atoms with Crippen LogP contribution < -0.4 is 4.72 Å². The van der Waals surface area contributed by atoms with E-state index in [1.54, 1.807) is 19.1 Å². The summed E-state index contributed by atoms with van der Waals surface area (Å²) in [6, 6.07) is 4.77. The number of sulfonamides is 1. The summed E-state index contributed by atoms with van der Waals surface area (Å²) in [5.41, 5.74) is 0.539. The van der Waals surface area contributed by atoms with Crippen molar-refractivity contribution in [2.75, 3.05) is 6.54 Å². The van der Waals surface area contributed by atoms with Crippen LogP contribution in [-0.4, -0.2) is 15.0 Å². The van der Waals surface area contributed by atoms with Crippen LogP contribution in [0.5, 0.6) is 0 Å². The van der Waals surface area contributed by atoms with Crippen LogP contribution in [0.15, 0.2) is 23.1 Å². The number of halogens is 1. The maximum atomic E-state index is 11.8. The van der Waals surface area contributed by atoms with Gasteiger partial charge in [-0.1, -0.05) is 17.7 Å². The van der Waals surface area contributed by atoms with Gasteiger partial charge in [0.15, 0.2) is 0 Å². The number of terminal acetylenes is 1. The van der Waals surface area contributed by atoms with Crippen molar-refractivity contribution in [1.82, 2.24) is 4.72 Å². The quantitative estimate of drug-likeness (QED) is 0.662. The average molecular weight is 258 g/mol. The first-order valence-corrected chi connectivity index (χ1v) is 6.53. The molecule has 0 radical (unpaired) electrons. The molecular weight excluding hydrogens is 246 g/mol. The van der Waals surface area contributed by atoms with Crippen molar-refractivity contribution in [2.45, 2.75) is 18.2 Å². The molecule has 86 valence electrons. The normalized spacial score (nSPS) is 11.1. The van der Waals surface area contributed by atoms with E-state index >= 15 is 0 Å². The lowest BCUT2D eigenvalue weighted by Gasteiger charge is -2.09. The van der Waals surface area contributed by atoms with E-state index < -0.39 is 10.0 Å². The second kappa shape index (κ2) is 5.35. The van der Waals surface area contributed by atoms with Crippen molar-refractivity contribution in [3.63, 3.8) is 0 Å². The fourth-order valence-electron chi connectivity index (χ4n) is 1.21. The summed E-state index contributed by atoms with van der Waals surface area (Å²) in [5, 5.41) is 0.430. The van der Waals surface area contributed by atoms with E-state index in [1.165, 1.54) is 6.07 Å². The van der Waals surface area contributed by atoms with Gasteiger partial charge in [0.25, 0.3) is 0 Å². The number of benzene rings is 1. The monoisotopic (exact) mass is 257 g/mol. The first kappa shape index (κ1) is 13.0. The smallest absolute Gasteiger partial charge is 0.210 e. The van der Waals surface area contributed by atoms with E-state index in [9.17, 15) is 8.42 Å². The topological polar surface area (TPSA) is 46.2 Å². The third kappa shape index (κ3) is 2.99. The molecule has 0 unspecified atom stereocenters. The highest BCUT2D eigenvalue weighted by molar-refractivity contribution is 7.89. The van der Waals surface area contributed by atoms with Gasteiger partial charge in [-0.25, -0.2) is 13.1 Å². The molecule has 0 amide bonds. The third-order valence-corrected chi connectivity index (χ3v) is 4.08.